The van der Waals surface area contributed by atoms with E-state index >= 15 is 0 Å². The van der Waals surface area contributed by atoms with E-state index in [-0.39, 0.29) is 0 Å². The Bertz CT molecular complexity index is 305. The number of rotatable bonds is 3. The fraction of sp³-hybridized carbons (Fsp3) is 0.364. The molecule has 2 nitrogen and oxygen atoms in total. The van der Waals surface area contributed by atoms with Crippen molar-refractivity contribution in [3.8, 4) is 0 Å². The van der Waals surface area contributed by atoms with Crippen LogP contribution in [0.25, 0.3) is 0 Å². The van der Waals surface area contributed by atoms with E-state index in [4.69, 9.17) is 0 Å². The van der Waals surface area contributed by atoms with E-state index in [1.807, 2.05) is 24.3 Å². The molecule has 0 N–H and O–H groups in total. The van der Waals surface area contributed by atoms with Crippen molar-refractivity contribution in [2.75, 3.05) is 13.1 Å². The molecule has 0 aromatic heterocycles. The topological polar surface area (TPSA) is 20.3 Å². The number of benzene rings is 1. The molecule has 1 aromatic carbocycles. The third-order valence-corrected chi connectivity index (χ3v) is 2.52. The molecule has 0 bridgehead atoms. The van der Waals surface area contributed by atoms with Gasteiger partial charge in [0.15, 0.2) is 0 Å². The van der Waals surface area contributed by atoms with Gasteiger partial charge >= 0.3 is 0 Å². The van der Waals surface area contributed by atoms with E-state index in [0.29, 0.717) is 0 Å². The maximum atomic E-state index is 10.7. The van der Waals surface area contributed by atoms with Crippen molar-refractivity contribution in [1.29, 1.82) is 0 Å². The van der Waals surface area contributed by atoms with Crippen molar-refractivity contribution >= 4 is 6.29 Å². The Labute approximate surface area is 78.2 Å². The Kier molecular flexibility index (Phi) is 2.41. The minimum absolute atomic E-state index is 0.828. The number of carbonyl (C=O) groups is 1. The Hall–Kier alpha value is -1.15. The molecule has 0 saturated carbocycles. The molecule has 0 unspecified atom stereocenters. The largest absolute Gasteiger partial charge is 0.299 e. The van der Waals surface area contributed by atoms with E-state index in [0.717, 1.165) is 24.0 Å². The number of hydrogen-bond donors (Lipinski definition) is 0. The number of hydrogen-bond acceptors (Lipinski definition) is 2. The molecule has 1 saturated heterocycles. The van der Waals surface area contributed by atoms with Gasteiger partial charge in [0.2, 0.25) is 0 Å². The van der Waals surface area contributed by atoms with Crippen molar-refractivity contribution in [3.05, 3.63) is 35.4 Å². The standard InChI is InChI=1S/C11H13NO/c13-9-11-5-2-1-4-10(11)8-12-6-3-7-12/h1-2,4-5,9H,3,6-8H2. The van der Waals surface area contributed by atoms with Gasteiger partial charge in [-0.05, 0) is 25.1 Å². The lowest BCUT2D eigenvalue weighted by atomic mass is 10.1. The fourth-order valence-electron chi connectivity index (χ4n) is 1.57. The quantitative estimate of drug-likeness (QED) is 0.652. The highest BCUT2D eigenvalue weighted by Crippen LogP contribution is 2.14. The summed E-state index contributed by atoms with van der Waals surface area (Å²) in [4.78, 5) is 13.0. The molecule has 1 aliphatic rings. The molecule has 0 aliphatic carbocycles. The molecule has 1 aliphatic heterocycles. The SMILES string of the molecule is O=Cc1ccccc1CN1CCC1. The number of nitrogens with zero attached hydrogens (tertiary/aromatic N) is 1. The fourth-order valence-corrected chi connectivity index (χ4v) is 1.57. The van der Waals surface area contributed by atoms with Crippen LogP contribution in [0.5, 0.6) is 0 Å². The highest BCUT2D eigenvalue weighted by Gasteiger charge is 2.14. The summed E-state index contributed by atoms with van der Waals surface area (Å²) >= 11 is 0. The third-order valence-electron chi connectivity index (χ3n) is 2.52. The van der Waals surface area contributed by atoms with Crippen molar-refractivity contribution in [3.63, 3.8) is 0 Å². The highest BCUT2D eigenvalue weighted by atomic mass is 16.1. The molecule has 1 aromatic rings. The van der Waals surface area contributed by atoms with Crippen LogP contribution in [0, 0.1) is 0 Å². The first-order chi connectivity index (χ1) is 6.40. The second kappa shape index (κ2) is 3.71. The van der Waals surface area contributed by atoms with Gasteiger partial charge in [0.1, 0.15) is 6.29 Å². The molecule has 1 fully saturated rings. The van der Waals surface area contributed by atoms with Gasteiger partial charge in [0, 0.05) is 12.1 Å². The summed E-state index contributed by atoms with van der Waals surface area (Å²) in [5, 5.41) is 0. The summed E-state index contributed by atoms with van der Waals surface area (Å²) in [5.41, 5.74) is 1.98. The zero-order valence-corrected chi connectivity index (χ0v) is 7.57. The van der Waals surface area contributed by atoms with E-state index in [1.54, 1.807) is 0 Å². The summed E-state index contributed by atoms with van der Waals surface area (Å²) in [7, 11) is 0. The predicted molar refractivity (Wildman–Crippen MR) is 51.7 cm³/mol. The van der Waals surface area contributed by atoms with Crippen molar-refractivity contribution in [1.82, 2.24) is 4.90 Å². The minimum atomic E-state index is 0.828. The molecule has 2 heteroatoms. The third kappa shape index (κ3) is 1.78. The normalized spacial score (nSPS) is 16.6. The molecular formula is C11H13NO. The second-order valence-electron chi connectivity index (χ2n) is 3.45. The summed E-state index contributed by atoms with van der Waals surface area (Å²) in [5.74, 6) is 0. The molecular weight excluding hydrogens is 162 g/mol. The van der Waals surface area contributed by atoms with Crippen molar-refractivity contribution in [2.45, 2.75) is 13.0 Å². The lowest BCUT2D eigenvalue weighted by molar-refractivity contribution is 0.111. The van der Waals surface area contributed by atoms with Gasteiger partial charge in [0.05, 0.1) is 0 Å². The van der Waals surface area contributed by atoms with Gasteiger partial charge in [-0.1, -0.05) is 24.3 Å². The van der Waals surface area contributed by atoms with Crippen LogP contribution in [0.15, 0.2) is 24.3 Å². The molecule has 0 spiro atoms. The van der Waals surface area contributed by atoms with Crippen LogP contribution in [-0.2, 0) is 6.54 Å². The molecule has 13 heavy (non-hydrogen) atoms. The Morgan fingerprint density at radius 1 is 1.31 bits per heavy atom. The second-order valence-corrected chi connectivity index (χ2v) is 3.45. The summed E-state index contributed by atoms with van der Waals surface area (Å²) in [6.07, 6.45) is 2.23. The van der Waals surface area contributed by atoms with Gasteiger partial charge in [0.25, 0.3) is 0 Å². The monoisotopic (exact) mass is 175 g/mol. The Morgan fingerprint density at radius 2 is 2.08 bits per heavy atom. The van der Waals surface area contributed by atoms with Gasteiger partial charge in [-0.3, -0.25) is 9.69 Å². The van der Waals surface area contributed by atoms with Crippen LogP contribution in [0.1, 0.15) is 22.3 Å². The first-order valence-corrected chi connectivity index (χ1v) is 4.65. The van der Waals surface area contributed by atoms with Gasteiger partial charge in [-0.25, -0.2) is 0 Å². The summed E-state index contributed by atoms with van der Waals surface area (Å²) in [6, 6.07) is 7.80. The lowest BCUT2D eigenvalue weighted by Crippen LogP contribution is -2.36. The summed E-state index contributed by atoms with van der Waals surface area (Å²) < 4.78 is 0. The van der Waals surface area contributed by atoms with E-state index in [2.05, 4.69) is 4.90 Å². The Balaban J connectivity index is 2.12. The van der Waals surface area contributed by atoms with E-state index in [9.17, 15) is 4.79 Å². The minimum Gasteiger partial charge on any atom is -0.299 e. The van der Waals surface area contributed by atoms with E-state index in [1.165, 1.54) is 19.5 Å². The van der Waals surface area contributed by atoms with Gasteiger partial charge in [-0.15, -0.1) is 0 Å². The average Bonchev–Trinajstić information content (AvgIpc) is 2.12. The number of carbonyl (C=O) groups excluding carboxylic acids is 1. The summed E-state index contributed by atoms with van der Waals surface area (Å²) in [6.45, 7) is 3.27. The zero-order valence-electron chi connectivity index (χ0n) is 7.57. The van der Waals surface area contributed by atoms with Crippen LogP contribution in [0.4, 0.5) is 0 Å². The van der Waals surface area contributed by atoms with E-state index < -0.39 is 0 Å². The maximum absolute atomic E-state index is 10.7. The van der Waals surface area contributed by atoms with Gasteiger partial charge in [-0.2, -0.15) is 0 Å². The predicted octanol–water partition coefficient (Wildman–Crippen LogP) is 1.70. The lowest BCUT2D eigenvalue weighted by Gasteiger charge is -2.30. The first kappa shape index (κ1) is 8.45. The van der Waals surface area contributed by atoms with Gasteiger partial charge < -0.3 is 0 Å². The highest BCUT2D eigenvalue weighted by molar-refractivity contribution is 5.77. The van der Waals surface area contributed by atoms with Crippen molar-refractivity contribution < 1.29 is 4.79 Å². The zero-order chi connectivity index (χ0) is 9.10. The molecule has 0 radical (unpaired) electrons. The molecule has 0 amide bonds. The van der Waals surface area contributed by atoms with Crippen LogP contribution < -0.4 is 0 Å². The average molecular weight is 175 g/mol. The molecule has 2 rings (SSSR count). The van der Waals surface area contributed by atoms with Crippen LogP contribution in [-0.4, -0.2) is 24.3 Å². The number of aldehydes is 1. The first-order valence-electron chi connectivity index (χ1n) is 4.65. The van der Waals surface area contributed by atoms with Crippen LogP contribution in [0.2, 0.25) is 0 Å². The van der Waals surface area contributed by atoms with Crippen LogP contribution in [0.3, 0.4) is 0 Å². The van der Waals surface area contributed by atoms with Crippen molar-refractivity contribution in [2.24, 2.45) is 0 Å². The molecule has 68 valence electrons. The maximum Gasteiger partial charge on any atom is 0.150 e. The molecule has 1 heterocycles. The smallest absolute Gasteiger partial charge is 0.150 e. The Morgan fingerprint density at radius 3 is 2.69 bits per heavy atom. The number of likely N-dealkylation sites (tertiary alicyclic amines) is 1. The molecule has 0 atom stereocenters. The van der Waals surface area contributed by atoms with Crippen LogP contribution >= 0.6 is 0 Å².